The van der Waals surface area contributed by atoms with E-state index in [4.69, 9.17) is 4.98 Å². The molecule has 0 spiro atoms. The van der Waals surface area contributed by atoms with Gasteiger partial charge in [0.15, 0.2) is 5.82 Å². The first kappa shape index (κ1) is 15.0. The van der Waals surface area contributed by atoms with Crippen LogP contribution in [0.5, 0.6) is 0 Å². The van der Waals surface area contributed by atoms with Crippen LogP contribution in [0.4, 0.5) is 5.82 Å². The van der Waals surface area contributed by atoms with Gasteiger partial charge in [-0.25, -0.2) is 9.78 Å². The Labute approximate surface area is 150 Å². The van der Waals surface area contributed by atoms with E-state index in [1.165, 1.54) is 11.1 Å². The van der Waals surface area contributed by atoms with Crippen molar-refractivity contribution in [1.82, 2.24) is 9.38 Å². The molecule has 5 nitrogen and oxygen atoms in total. The van der Waals surface area contributed by atoms with E-state index in [-0.39, 0.29) is 5.56 Å². The maximum atomic E-state index is 11.3. The van der Waals surface area contributed by atoms with Crippen LogP contribution in [-0.2, 0) is 13.0 Å². The fourth-order valence-electron chi connectivity index (χ4n) is 3.80. The minimum atomic E-state index is -0.935. The number of nitrogens with zero attached hydrogens (tertiary/aromatic N) is 3. The summed E-state index contributed by atoms with van der Waals surface area (Å²) in [6.45, 7) is 1.71. The summed E-state index contributed by atoms with van der Waals surface area (Å²) in [6, 6.07) is 17.7. The average Bonchev–Trinajstić information content (AvgIpc) is 3.16. The van der Waals surface area contributed by atoms with Crippen LogP contribution in [0, 0.1) is 0 Å². The van der Waals surface area contributed by atoms with Gasteiger partial charge in [0.1, 0.15) is 0 Å². The highest BCUT2D eigenvalue weighted by molar-refractivity contribution is 5.94. The van der Waals surface area contributed by atoms with Crippen LogP contribution >= 0.6 is 0 Å². The fraction of sp³-hybridized carbons (Fsp3) is 0.143. The van der Waals surface area contributed by atoms with E-state index < -0.39 is 5.97 Å². The van der Waals surface area contributed by atoms with Crippen molar-refractivity contribution in [2.45, 2.75) is 13.0 Å². The summed E-state index contributed by atoms with van der Waals surface area (Å²) in [5, 5.41) is 9.30. The van der Waals surface area contributed by atoms with Gasteiger partial charge < -0.3 is 14.4 Å². The van der Waals surface area contributed by atoms with Crippen molar-refractivity contribution < 1.29 is 9.90 Å². The quantitative estimate of drug-likeness (QED) is 0.602. The first-order valence-corrected chi connectivity index (χ1v) is 8.66. The molecule has 26 heavy (non-hydrogen) atoms. The Balaban J connectivity index is 1.69. The van der Waals surface area contributed by atoms with Gasteiger partial charge in [-0.05, 0) is 47.9 Å². The highest BCUT2D eigenvalue weighted by Gasteiger charge is 2.20. The summed E-state index contributed by atoms with van der Waals surface area (Å²) < 4.78 is 2.09. The second-order valence-electron chi connectivity index (χ2n) is 6.65. The number of aromatic carboxylic acids is 1. The predicted molar refractivity (Wildman–Crippen MR) is 101 cm³/mol. The van der Waals surface area contributed by atoms with Crippen molar-refractivity contribution in [3.8, 4) is 0 Å². The normalized spacial score (nSPS) is 13.9. The molecule has 0 saturated heterocycles. The standard InChI is InChI=1S/C21H17N3O2/c25-21(26)15-7-8-18-17(12-15)22-20(19-6-3-10-24(18)19)23-11-9-14-4-1-2-5-16(14)13-23/h1-8,10,12H,9,11,13H2,(H,25,26). The lowest BCUT2D eigenvalue weighted by atomic mass is 10.00. The molecule has 0 atom stereocenters. The van der Waals surface area contributed by atoms with E-state index in [2.05, 4.69) is 39.6 Å². The van der Waals surface area contributed by atoms with Crippen LogP contribution in [0.25, 0.3) is 16.6 Å². The van der Waals surface area contributed by atoms with E-state index in [1.807, 2.05) is 18.3 Å². The first-order chi connectivity index (χ1) is 12.7. The zero-order chi connectivity index (χ0) is 17.7. The molecule has 0 amide bonds. The van der Waals surface area contributed by atoms with Crippen LogP contribution in [0.2, 0.25) is 0 Å². The third kappa shape index (κ3) is 2.24. The summed E-state index contributed by atoms with van der Waals surface area (Å²) in [7, 11) is 0. The highest BCUT2D eigenvalue weighted by atomic mass is 16.4. The number of fused-ring (bicyclic) bond motifs is 4. The van der Waals surface area contributed by atoms with Crippen LogP contribution in [0.3, 0.4) is 0 Å². The molecule has 5 heteroatoms. The van der Waals surface area contributed by atoms with Crippen LogP contribution in [0.1, 0.15) is 21.5 Å². The molecule has 0 bridgehead atoms. The summed E-state index contributed by atoms with van der Waals surface area (Å²) in [6.07, 6.45) is 2.99. The molecule has 2 aromatic carbocycles. The zero-order valence-corrected chi connectivity index (χ0v) is 14.1. The summed E-state index contributed by atoms with van der Waals surface area (Å²) in [4.78, 5) is 18.5. The SMILES string of the molecule is O=C(O)c1ccc2c(c1)nc(N1CCc3ccccc3C1)c1cccn12. The molecule has 0 radical (unpaired) electrons. The molecule has 128 valence electrons. The molecule has 1 N–H and O–H groups in total. The van der Waals surface area contributed by atoms with E-state index in [0.29, 0.717) is 5.52 Å². The molecular formula is C21H17N3O2. The smallest absolute Gasteiger partial charge is 0.335 e. The van der Waals surface area contributed by atoms with Crippen LogP contribution < -0.4 is 4.90 Å². The van der Waals surface area contributed by atoms with Gasteiger partial charge >= 0.3 is 5.97 Å². The lowest BCUT2D eigenvalue weighted by Crippen LogP contribution is -2.31. The first-order valence-electron chi connectivity index (χ1n) is 8.66. The van der Waals surface area contributed by atoms with Crippen molar-refractivity contribution >= 4 is 28.3 Å². The van der Waals surface area contributed by atoms with Gasteiger partial charge in [0.25, 0.3) is 0 Å². The molecule has 4 aromatic rings. The summed E-state index contributed by atoms with van der Waals surface area (Å²) in [5.74, 6) is -0.0331. The van der Waals surface area contributed by atoms with Gasteiger partial charge in [-0.3, -0.25) is 0 Å². The predicted octanol–water partition coefficient (Wildman–Crippen LogP) is 3.75. The Morgan fingerprint density at radius 3 is 2.69 bits per heavy atom. The zero-order valence-electron chi connectivity index (χ0n) is 14.1. The minimum Gasteiger partial charge on any atom is -0.478 e. The van der Waals surface area contributed by atoms with Crippen LogP contribution in [-0.4, -0.2) is 27.0 Å². The molecule has 2 aromatic heterocycles. The number of rotatable bonds is 2. The maximum Gasteiger partial charge on any atom is 0.335 e. The second-order valence-corrected chi connectivity index (χ2v) is 6.65. The minimum absolute atomic E-state index is 0.256. The Kier molecular flexibility index (Phi) is 3.22. The van der Waals surface area contributed by atoms with Gasteiger partial charge in [-0.15, -0.1) is 0 Å². The molecular weight excluding hydrogens is 326 g/mol. The van der Waals surface area contributed by atoms with Crippen LogP contribution in [0.15, 0.2) is 60.8 Å². The number of carbonyl (C=O) groups is 1. The Hall–Kier alpha value is -3.34. The Morgan fingerprint density at radius 1 is 1.00 bits per heavy atom. The van der Waals surface area contributed by atoms with Gasteiger partial charge in [0, 0.05) is 19.3 Å². The second kappa shape index (κ2) is 5.59. The summed E-state index contributed by atoms with van der Waals surface area (Å²) >= 11 is 0. The number of anilines is 1. The fourth-order valence-corrected chi connectivity index (χ4v) is 3.80. The molecule has 1 aliphatic rings. The van der Waals surface area contributed by atoms with Gasteiger partial charge in [0.2, 0.25) is 0 Å². The number of carboxylic acids is 1. The van der Waals surface area contributed by atoms with E-state index in [0.717, 1.165) is 36.4 Å². The Bertz CT molecular complexity index is 1160. The Morgan fingerprint density at radius 2 is 1.85 bits per heavy atom. The largest absolute Gasteiger partial charge is 0.478 e. The lowest BCUT2D eigenvalue weighted by molar-refractivity contribution is 0.0697. The number of hydrogen-bond donors (Lipinski definition) is 1. The highest BCUT2D eigenvalue weighted by Crippen LogP contribution is 2.29. The van der Waals surface area contributed by atoms with Crippen molar-refractivity contribution in [1.29, 1.82) is 0 Å². The van der Waals surface area contributed by atoms with Gasteiger partial charge in [-0.2, -0.15) is 0 Å². The summed E-state index contributed by atoms with van der Waals surface area (Å²) in [5.41, 5.74) is 5.62. The van der Waals surface area contributed by atoms with Gasteiger partial charge in [0.05, 0.1) is 22.1 Å². The molecule has 0 fully saturated rings. The third-order valence-electron chi connectivity index (χ3n) is 5.12. The molecule has 3 heterocycles. The van der Waals surface area contributed by atoms with E-state index >= 15 is 0 Å². The third-order valence-corrected chi connectivity index (χ3v) is 5.12. The molecule has 1 aliphatic heterocycles. The van der Waals surface area contributed by atoms with Crippen molar-refractivity contribution in [3.63, 3.8) is 0 Å². The maximum absolute atomic E-state index is 11.3. The number of aromatic nitrogens is 2. The lowest BCUT2D eigenvalue weighted by Gasteiger charge is -2.30. The molecule has 0 saturated carbocycles. The number of hydrogen-bond acceptors (Lipinski definition) is 3. The number of benzene rings is 2. The molecule has 0 aliphatic carbocycles. The number of carboxylic acid groups (broad SMARTS) is 1. The van der Waals surface area contributed by atoms with Crippen molar-refractivity contribution in [3.05, 3.63) is 77.5 Å². The average molecular weight is 343 g/mol. The van der Waals surface area contributed by atoms with Crippen molar-refractivity contribution in [2.75, 3.05) is 11.4 Å². The van der Waals surface area contributed by atoms with E-state index in [1.54, 1.807) is 12.1 Å². The topological polar surface area (TPSA) is 57.8 Å². The molecule has 5 rings (SSSR count). The van der Waals surface area contributed by atoms with Gasteiger partial charge in [-0.1, -0.05) is 24.3 Å². The molecule has 0 unspecified atom stereocenters. The van der Waals surface area contributed by atoms with Crippen molar-refractivity contribution in [2.24, 2.45) is 0 Å². The monoisotopic (exact) mass is 343 g/mol. The van der Waals surface area contributed by atoms with E-state index in [9.17, 15) is 9.90 Å².